The predicted molar refractivity (Wildman–Crippen MR) is 77.6 cm³/mol. The summed E-state index contributed by atoms with van der Waals surface area (Å²) < 4.78 is 0. The van der Waals surface area contributed by atoms with Crippen LogP contribution in [0.25, 0.3) is 0 Å². The van der Waals surface area contributed by atoms with Gasteiger partial charge in [-0.3, -0.25) is 4.79 Å². The first kappa shape index (κ1) is 12.0. The number of aldehydes is 1. The number of anilines is 1. The maximum atomic E-state index is 11.2. The molecule has 1 heterocycles. The quantitative estimate of drug-likeness (QED) is 0.762. The Morgan fingerprint density at radius 1 is 0.947 bits per heavy atom. The Morgan fingerprint density at radius 3 is 2.53 bits per heavy atom. The van der Waals surface area contributed by atoms with Gasteiger partial charge in [0.1, 0.15) is 0 Å². The van der Waals surface area contributed by atoms with Gasteiger partial charge in [0.25, 0.3) is 0 Å². The summed E-state index contributed by atoms with van der Waals surface area (Å²) in [5, 5.41) is 0. The molecule has 1 aliphatic heterocycles. The van der Waals surface area contributed by atoms with Crippen molar-refractivity contribution in [1.82, 2.24) is 0 Å². The van der Waals surface area contributed by atoms with Gasteiger partial charge in [0.05, 0.1) is 0 Å². The van der Waals surface area contributed by atoms with Crippen molar-refractivity contribution in [2.45, 2.75) is 19.4 Å². The molecule has 0 atom stereocenters. The minimum Gasteiger partial charge on any atom is -0.367 e. The summed E-state index contributed by atoms with van der Waals surface area (Å²) >= 11 is 0. The Balaban J connectivity index is 1.96. The van der Waals surface area contributed by atoms with Gasteiger partial charge in [0.2, 0.25) is 0 Å². The van der Waals surface area contributed by atoms with E-state index in [1.54, 1.807) is 0 Å². The first-order valence-electron chi connectivity index (χ1n) is 6.74. The van der Waals surface area contributed by atoms with Gasteiger partial charge in [-0.2, -0.15) is 0 Å². The molecule has 1 aliphatic rings. The van der Waals surface area contributed by atoms with Crippen molar-refractivity contribution in [3.05, 3.63) is 65.2 Å². The lowest BCUT2D eigenvalue weighted by atomic mass is 10.0. The molecule has 2 nitrogen and oxygen atoms in total. The van der Waals surface area contributed by atoms with Gasteiger partial charge in [-0.25, -0.2) is 0 Å². The van der Waals surface area contributed by atoms with Crippen molar-refractivity contribution in [1.29, 1.82) is 0 Å². The van der Waals surface area contributed by atoms with Crippen LogP contribution in [0.2, 0.25) is 0 Å². The maximum absolute atomic E-state index is 11.2. The number of carbonyl (C=O) groups is 1. The number of rotatable bonds is 2. The number of nitrogens with zero attached hydrogens (tertiary/aromatic N) is 1. The number of hydrogen-bond donors (Lipinski definition) is 0. The predicted octanol–water partition coefficient (Wildman–Crippen LogP) is 3.45. The zero-order valence-electron chi connectivity index (χ0n) is 10.9. The third kappa shape index (κ3) is 2.39. The van der Waals surface area contributed by atoms with Crippen LogP contribution in [0.4, 0.5) is 5.69 Å². The second-order valence-electron chi connectivity index (χ2n) is 4.97. The van der Waals surface area contributed by atoms with Gasteiger partial charge in [-0.1, -0.05) is 36.4 Å². The van der Waals surface area contributed by atoms with Crippen LogP contribution in [0.5, 0.6) is 0 Å². The van der Waals surface area contributed by atoms with Gasteiger partial charge in [-0.15, -0.1) is 0 Å². The van der Waals surface area contributed by atoms with Crippen molar-refractivity contribution in [3.8, 4) is 0 Å². The average Bonchev–Trinajstić information content (AvgIpc) is 2.69. The fourth-order valence-electron chi connectivity index (χ4n) is 2.78. The summed E-state index contributed by atoms with van der Waals surface area (Å²) in [4.78, 5) is 13.5. The summed E-state index contributed by atoms with van der Waals surface area (Å²) in [6.07, 6.45) is 3.20. The topological polar surface area (TPSA) is 20.3 Å². The second-order valence-corrected chi connectivity index (χ2v) is 4.97. The third-order valence-electron chi connectivity index (χ3n) is 3.76. The van der Waals surface area contributed by atoms with Crippen LogP contribution in [0, 0.1) is 0 Å². The number of para-hydroxylation sites is 1. The molecule has 0 N–H and O–H groups in total. The summed E-state index contributed by atoms with van der Waals surface area (Å²) in [6.45, 7) is 1.89. The summed E-state index contributed by atoms with van der Waals surface area (Å²) in [7, 11) is 0. The van der Waals surface area contributed by atoms with E-state index in [1.165, 1.54) is 11.1 Å². The highest BCUT2D eigenvalue weighted by Gasteiger charge is 2.16. The van der Waals surface area contributed by atoms with Crippen LogP contribution < -0.4 is 4.90 Å². The lowest BCUT2D eigenvalue weighted by Gasteiger charge is -2.24. The molecule has 96 valence electrons. The zero-order chi connectivity index (χ0) is 13.1. The monoisotopic (exact) mass is 251 g/mol. The number of fused-ring (bicyclic) bond motifs is 1. The van der Waals surface area contributed by atoms with Gasteiger partial charge >= 0.3 is 0 Å². The molecule has 2 aromatic rings. The van der Waals surface area contributed by atoms with E-state index in [0.29, 0.717) is 0 Å². The first-order valence-corrected chi connectivity index (χ1v) is 6.74. The van der Waals surface area contributed by atoms with Crippen LogP contribution in [0.3, 0.4) is 0 Å². The normalized spacial score (nSPS) is 14.6. The van der Waals surface area contributed by atoms with E-state index in [4.69, 9.17) is 0 Å². The summed E-state index contributed by atoms with van der Waals surface area (Å²) in [6, 6.07) is 16.4. The van der Waals surface area contributed by atoms with E-state index in [-0.39, 0.29) is 0 Å². The summed E-state index contributed by atoms with van der Waals surface area (Å²) in [5.74, 6) is 0. The maximum Gasteiger partial charge on any atom is 0.152 e. The lowest BCUT2D eigenvalue weighted by molar-refractivity contribution is 0.112. The fraction of sp³-hybridized carbons (Fsp3) is 0.235. The molecule has 0 aromatic heterocycles. The highest BCUT2D eigenvalue weighted by atomic mass is 16.1. The Hall–Kier alpha value is -2.09. The molecule has 0 bridgehead atoms. The van der Waals surface area contributed by atoms with Crippen LogP contribution in [-0.4, -0.2) is 12.8 Å². The molecule has 2 aromatic carbocycles. The zero-order valence-corrected chi connectivity index (χ0v) is 10.9. The number of hydrogen-bond acceptors (Lipinski definition) is 2. The first-order chi connectivity index (χ1) is 9.38. The van der Waals surface area contributed by atoms with Crippen molar-refractivity contribution < 1.29 is 4.79 Å². The lowest BCUT2D eigenvalue weighted by Crippen LogP contribution is -2.23. The van der Waals surface area contributed by atoms with E-state index in [1.807, 2.05) is 24.3 Å². The number of benzene rings is 2. The fourth-order valence-corrected chi connectivity index (χ4v) is 2.78. The van der Waals surface area contributed by atoms with Crippen LogP contribution in [0.1, 0.15) is 27.9 Å². The minimum atomic E-state index is 0.780. The highest BCUT2D eigenvalue weighted by molar-refractivity contribution is 5.84. The van der Waals surface area contributed by atoms with Crippen molar-refractivity contribution >= 4 is 12.0 Å². The van der Waals surface area contributed by atoms with E-state index in [2.05, 4.69) is 29.2 Å². The molecule has 0 saturated carbocycles. The molecule has 0 fully saturated rings. The van der Waals surface area contributed by atoms with Crippen molar-refractivity contribution in [2.24, 2.45) is 0 Å². The molecule has 3 rings (SSSR count). The Labute approximate surface area is 113 Å². The molecule has 2 heteroatoms. The van der Waals surface area contributed by atoms with Gasteiger partial charge in [-0.05, 0) is 36.1 Å². The molecule has 0 unspecified atom stereocenters. The molecule has 0 spiro atoms. The van der Waals surface area contributed by atoms with Crippen LogP contribution in [-0.2, 0) is 13.0 Å². The van der Waals surface area contributed by atoms with E-state index in [0.717, 1.165) is 43.5 Å². The summed E-state index contributed by atoms with van der Waals surface area (Å²) in [5.41, 5.74) is 4.64. The molecule has 0 radical (unpaired) electrons. The molecular formula is C17H17NO. The molecule has 19 heavy (non-hydrogen) atoms. The molecular weight excluding hydrogens is 234 g/mol. The average molecular weight is 251 g/mol. The van der Waals surface area contributed by atoms with Crippen LogP contribution in [0.15, 0.2) is 48.5 Å². The van der Waals surface area contributed by atoms with Crippen molar-refractivity contribution in [3.63, 3.8) is 0 Å². The smallest absolute Gasteiger partial charge is 0.152 e. The van der Waals surface area contributed by atoms with Gasteiger partial charge < -0.3 is 4.90 Å². The Kier molecular flexibility index (Phi) is 3.32. The molecule has 0 saturated heterocycles. The number of carbonyl (C=O) groups excluding carboxylic acids is 1. The van der Waals surface area contributed by atoms with E-state index >= 15 is 0 Å². The highest BCUT2D eigenvalue weighted by Crippen LogP contribution is 2.25. The molecule has 0 amide bonds. The Bertz CT molecular complexity index is 591. The van der Waals surface area contributed by atoms with Crippen molar-refractivity contribution in [2.75, 3.05) is 11.4 Å². The van der Waals surface area contributed by atoms with Crippen LogP contribution >= 0.6 is 0 Å². The van der Waals surface area contributed by atoms with E-state index in [9.17, 15) is 4.79 Å². The molecule has 0 aliphatic carbocycles. The third-order valence-corrected chi connectivity index (χ3v) is 3.76. The second kappa shape index (κ2) is 5.27. The minimum absolute atomic E-state index is 0.780. The van der Waals surface area contributed by atoms with E-state index < -0.39 is 0 Å². The van der Waals surface area contributed by atoms with Gasteiger partial charge in [0.15, 0.2) is 6.29 Å². The standard InChI is InChI=1S/C17H17NO/c19-13-16-8-3-4-10-17(16)18-11-5-9-14-6-1-2-7-15(14)12-18/h1-4,6-8,10,13H,5,9,11-12H2. The van der Waals surface area contributed by atoms with Gasteiger partial charge in [0, 0.05) is 24.3 Å². The Morgan fingerprint density at radius 2 is 1.68 bits per heavy atom. The number of aryl methyl sites for hydroxylation is 1. The largest absolute Gasteiger partial charge is 0.367 e. The SMILES string of the molecule is O=Cc1ccccc1N1CCCc2ccccc2C1.